The molecule has 3 unspecified atom stereocenters. The molecular formula is C24H23N3O5S2. The summed E-state index contributed by atoms with van der Waals surface area (Å²) >= 11 is 2.90. The smallest absolute Gasteiger partial charge is 0.271 e. The van der Waals surface area contributed by atoms with Crippen LogP contribution in [0.4, 0.5) is 0 Å². The maximum absolute atomic E-state index is 13.4. The molecule has 1 saturated carbocycles. The molecule has 3 atom stereocenters. The van der Waals surface area contributed by atoms with Crippen LogP contribution < -0.4 is 10.6 Å². The second-order valence-electron chi connectivity index (χ2n) is 8.49. The zero-order valence-electron chi connectivity index (χ0n) is 18.2. The quantitative estimate of drug-likeness (QED) is 0.462. The SMILES string of the molecule is O=C(NC(Cc1ccc(O)cc1)C(=O)NC12CCCC1OCC2=O)c1csc(-c2cccs2)n1. The van der Waals surface area contributed by atoms with Crippen LogP contribution in [-0.4, -0.2) is 52.0 Å². The first kappa shape index (κ1) is 22.7. The number of phenolic OH excluding ortho intramolecular Hbond substituents is 1. The Hall–Kier alpha value is -3.08. The second-order valence-corrected chi connectivity index (χ2v) is 10.3. The lowest BCUT2D eigenvalue weighted by Gasteiger charge is -2.30. The number of ether oxygens (including phenoxy) is 1. The molecule has 10 heteroatoms. The van der Waals surface area contributed by atoms with Gasteiger partial charge >= 0.3 is 0 Å². The van der Waals surface area contributed by atoms with Gasteiger partial charge < -0.3 is 20.5 Å². The summed E-state index contributed by atoms with van der Waals surface area (Å²) < 4.78 is 5.61. The molecule has 0 bridgehead atoms. The molecule has 2 aliphatic rings. The number of carbonyl (C=O) groups excluding carboxylic acids is 3. The minimum Gasteiger partial charge on any atom is -0.508 e. The zero-order chi connectivity index (χ0) is 23.7. The Morgan fingerprint density at radius 1 is 1.24 bits per heavy atom. The standard InChI is InChI=1S/C24H23N3O5S2/c28-15-7-5-14(6-8-15)11-16(22(31)27-24-9-1-4-20(24)32-12-19(24)29)25-21(30)17-13-34-23(26-17)18-3-2-10-33-18/h2-3,5-8,10,13,16,20,28H,1,4,9,11-12H2,(H,25,30)(H,27,31). The first-order chi connectivity index (χ1) is 16.4. The zero-order valence-corrected chi connectivity index (χ0v) is 19.8. The van der Waals surface area contributed by atoms with E-state index in [0.717, 1.165) is 21.9 Å². The van der Waals surface area contributed by atoms with Crippen molar-refractivity contribution in [3.63, 3.8) is 0 Å². The molecule has 34 heavy (non-hydrogen) atoms. The fourth-order valence-corrected chi connectivity index (χ4v) is 6.16. The number of nitrogens with one attached hydrogen (secondary N) is 2. The Morgan fingerprint density at radius 3 is 2.82 bits per heavy atom. The maximum atomic E-state index is 13.4. The van der Waals surface area contributed by atoms with Crippen LogP contribution in [0.25, 0.3) is 9.88 Å². The van der Waals surface area contributed by atoms with Gasteiger partial charge in [0.15, 0.2) is 5.78 Å². The van der Waals surface area contributed by atoms with E-state index in [1.807, 2.05) is 17.5 Å². The monoisotopic (exact) mass is 497 g/mol. The Morgan fingerprint density at radius 2 is 2.06 bits per heavy atom. The van der Waals surface area contributed by atoms with Gasteiger partial charge in [0.05, 0.1) is 11.0 Å². The van der Waals surface area contributed by atoms with Gasteiger partial charge in [0.25, 0.3) is 5.91 Å². The van der Waals surface area contributed by atoms with Crippen molar-refractivity contribution < 1.29 is 24.2 Å². The normalized spacial score (nSPS) is 22.4. The number of nitrogens with zero attached hydrogens (tertiary/aromatic N) is 1. The van der Waals surface area contributed by atoms with Gasteiger partial charge in [-0.15, -0.1) is 22.7 Å². The molecule has 176 valence electrons. The molecule has 3 aromatic rings. The van der Waals surface area contributed by atoms with Gasteiger partial charge in [0, 0.05) is 11.8 Å². The lowest BCUT2D eigenvalue weighted by molar-refractivity contribution is -0.131. The van der Waals surface area contributed by atoms with Crippen LogP contribution in [0, 0.1) is 0 Å². The highest BCUT2D eigenvalue weighted by Crippen LogP contribution is 2.38. The summed E-state index contributed by atoms with van der Waals surface area (Å²) in [7, 11) is 0. The summed E-state index contributed by atoms with van der Waals surface area (Å²) in [5.74, 6) is -0.926. The number of thiophene rings is 1. The molecule has 3 heterocycles. The number of benzene rings is 1. The lowest BCUT2D eigenvalue weighted by Crippen LogP contribution is -2.60. The highest BCUT2D eigenvalue weighted by molar-refractivity contribution is 7.20. The largest absolute Gasteiger partial charge is 0.508 e. The third-order valence-electron chi connectivity index (χ3n) is 6.31. The first-order valence-electron chi connectivity index (χ1n) is 11.0. The van der Waals surface area contributed by atoms with E-state index in [4.69, 9.17) is 4.74 Å². The predicted octanol–water partition coefficient (Wildman–Crippen LogP) is 2.93. The number of amides is 2. The number of fused-ring (bicyclic) bond motifs is 1. The van der Waals surface area contributed by atoms with Gasteiger partial charge in [-0.1, -0.05) is 18.2 Å². The predicted molar refractivity (Wildman–Crippen MR) is 128 cm³/mol. The topological polar surface area (TPSA) is 118 Å². The summed E-state index contributed by atoms with van der Waals surface area (Å²) in [6.45, 7) is -0.00967. The minimum absolute atomic E-state index is 0.00967. The number of ketones is 1. The number of thiazole rings is 1. The highest BCUT2D eigenvalue weighted by Gasteiger charge is 2.55. The van der Waals surface area contributed by atoms with E-state index in [0.29, 0.717) is 12.8 Å². The summed E-state index contributed by atoms with van der Waals surface area (Å²) in [6, 6.07) is 9.36. The van der Waals surface area contributed by atoms with Crippen LogP contribution >= 0.6 is 22.7 Å². The van der Waals surface area contributed by atoms with Crippen molar-refractivity contribution in [2.24, 2.45) is 0 Å². The Kier molecular flexibility index (Phi) is 6.20. The highest BCUT2D eigenvalue weighted by atomic mass is 32.1. The summed E-state index contributed by atoms with van der Waals surface area (Å²) in [6.07, 6.45) is 1.88. The van der Waals surface area contributed by atoms with Crippen LogP contribution in [0.3, 0.4) is 0 Å². The average molecular weight is 498 g/mol. The number of hydrogen-bond donors (Lipinski definition) is 3. The van der Waals surface area contributed by atoms with Gasteiger partial charge in [0.1, 0.15) is 34.6 Å². The molecule has 0 radical (unpaired) electrons. The molecule has 8 nitrogen and oxygen atoms in total. The molecule has 1 aliphatic carbocycles. The third kappa shape index (κ3) is 4.36. The fraction of sp³-hybridized carbons (Fsp3) is 0.333. The number of aromatic hydroxyl groups is 1. The molecule has 1 aliphatic heterocycles. The van der Waals surface area contributed by atoms with E-state index in [1.165, 1.54) is 34.8 Å². The van der Waals surface area contributed by atoms with E-state index in [2.05, 4.69) is 15.6 Å². The molecule has 1 aromatic carbocycles. The average Bonchev–Trinajstić information content (AvgIpc) is 3.61. The molecule has 0 spiro atoms. The van der Waals surface area contributed by atoms with Gasteiger partial charge in [-0.25, -0.2) is 4.98 Å². The van der Waals surface area contributed by atoms with Gasteiger partial charge in [-0.3, -0.25) is 14.4 Å². The second kappa shape index (κ2) is 9.28. The summed E-state index contributed by atoms with van der Waals surface area (Å²) in [4.78, 5) is 44.5. The Labute approximate surface area is 204 Å². The van der Waals surface area contributed by atoms with Crippen LogP contribution in [0.2, 0.25) is 0 Å². The van der Waals surface area contributed by atoms with Crippen LogP contribution in [-0.2, 0) is 20.7 Å². The molecule has 3 N–H and O–H groups in total. The first-order valence-corrected chi connectivity index (χ1v) is 12.8. The molecular weight excluding hydrogens is 474 g/mol. The van der Waals surface area contributed by atoms with Crippen LogP contribution in [0.15, 0.2) is 47.2 Å². The minimum atomic E-state index is -1.03. The fourth-order valence-electron chi connectivity index (χ4n) is 4.54. The summed E-state index contributed by atoms with van der Waals surface area (Å²) in [5, 5.41) is 19.7. The van der Waals surface area contributed by atoms with Crippen molar-refractivity contribution in [2.45, 2.75) is 43.4 Å². The van der Waals surface area contributed by atoms with Crippen molar-refractivity contribution in [2.75, 3.05) is 6.61 Å². The lowest BCUT2D eigenvalue weighted by atomic mass is 9.91. The molecule has 2 aromatic heterocycles. The van der Waals surface area contributed by atoms with E-state index in [-0.39, 0.29) is 36.4 Å². The van der Waals surface area contributed by atoms with Crippen molar-refractivity contribution in [1.82, 2.24) is 15.6 Å². The number of rotatable bonds is 7. The van der Waals surface area contributed by atoms with Crippen molar-refractivity contribution >= 4 is 40.3 Å². The Bertz CT molecular complexity index is 1210. The maximum Gasteiger partial charge on any atom is 0.271 e. The van der Waals surface area contributed by atoms with Crippen molar-refractivity contribution in [3.05, 3.63) is 58.4 Å². The molecule has 5 rings (SSSR count). The van der Waals surface area contributed by atoms with Crippen molar-refractivity contribution in [1.29, 1.82) is 0 Å². The van der Waals surface area contributed by atoms with E-state index in [1.54, 1.807) is 17.5 Å². The van der Waals surface area contributed by atoms with E-state index >= 15 is 0 Å². The number of Topliss-reactive ketones (excluding diaryl/α,β-unsaturated/α-hetero) is 1. The number of carbonyl (C=O) groups is 3. The van der Waals surface area contributed by atoms with Gasteiger partial charge in [-0.2, -0.15) is 0 Å². The van der Waals surface area contributed by atoms with Gasteiger partial charge in [0.2, 0.25) is 5.91 Å². The number of aromatic nitrogens is 1. The number of phenols is 1. The Balaban J connectivity index is 1.36. The van der Waals surface area contributed by atoms with Gasteiger partial charge in [-0.05, 0) is 48.4 Å². The van der Waals surface area contributed by atoms with Crippen LogP contribution in [0.5, 0.6) is 5.75 Å². The van der Waals surface area contributed by atoms with E-state index in [9.17, 15) is 19.5 Å². The van der Waals surface area contributed by atoms with Crippen LogP contribution in [0.1, 0.15) is 35.3 Å². The molecule has 2 fully saturated rings. The number of hydrogen-bond acceptors (Lipinski definition) is 8. The van der Waals surface area contributed by atoms with E-state index < -0.39 is 23.4 Å². The summed E-state index contributed by atoms with van der Waals surface area (Å²) in [5.41, 5.74) is -0.0403. The molecule has 2 amide bonds. The van der Waals surface area contributed by atoms with Crippen molar-refractivity contribution in [3.8, 4) is 15.6 Å². The third-order valence-corrected chi connectivity index (χ3v) is 8.19. The molecule has 1 saturated heterocycles.